The van der Waals surface area contributed by atoms with E-state index in [1.807, 2.05) is 18.2 Å². The van der Waals surface area contributed by atoms with E-state index in [4.69, 9.17) is 14.9 Å². The van der Waals surface area contributed by atoms with Crippen LogP contribution in [-0.2, 0) is 0 Å². The van der Waals surface area contributed by atoms with Crippen molar-refractivity contribution < 1.29 is 0 Å². The molecule has 8 rings (SSSR count). The fraction of sp³-hybridized carbons (Fsp3) is 0.0256. The first kappa shape index (κ1) is 27.8. The second-order valence-corrected chi connectivity index (χ2v) is 14.2. The van der Waals surface area contributed by atoms with Gasteiger partial charge in [0.2, 0.25) is 5.95 Å². The molecule has 0 saturated heterocycles. The molecule has 6 nitrogen and oxygen atoms in total. The number of nitrogens with zero attached hydrogens (tertiary/aromatic N) is 5. The van der Waals surface area contributed by atoms with Crippen LogP contribution in [0.2, 0.25) is 0 Å². The predicted octanol–water partition coefficient (Wildman–Crippen LogP) is 8.53. The highest BCUT2D eigenvalue weighted by molar-refractivity contribution is 7.87. The van der Waals surface area contributed by atoms with Crippen LogP contribution in [0.3, 0.4) is 0 Å². The molecule has 8 aromatic rings. The van der Waals surface area contributed by atoms with E-state index < -0.39 is 7.05 Å². The van der Waals surface area contributed by atoms with E-state index in [0.29, 0.717) is 5.95 Å². The molecular formula is C39H31N6P. The molecule has 0 fully saturated rings. The molecule has 0 aliphatic rings. The average molecular weight is 615 g/mol. The number of nitrogens with one attached hydrogen (secondary N) is 1. The van der Waals surface area contributed by atoms with Crippen LogP contribution in [-0.4, -0.2) is 19.4 Å². The molecule has 7 heteroatoms. The van der Waals surface area contributed by atoms with Gasteiger partial charge < -0.3 is 5.32 Å². The van der Waals surface area contributed by atoms with Gasteiger partial charge in [-0.15, -0.1) is 14.8 Å². The Balaban J connectivity index is 1.46. The van der Waals surface area contributed by atoms with Crippen LogP contribution in [0.15, 0.2) is 169 Å². The van der Waals surface area contributed by atoms with Gasteiger partial charge in [0, 0.05) is 27.0 Å². The SMILES string of the molecule is Cc1ccc(Nc2nn3nc4ccccc4c3n2-c2ccccc2N=P(c2ccccc2)(c2ccccc2)c2ccccc2)cc1. The third-order valence-corrected chi connectivity index (χ3v) is 11.9. The number of fused-ring (bicyclic) bond motifs is 3. The molecule has 0 bridgehead atoms. The van der Waals surface area contributed by atoms with E-state index in [0.717, 1.165) is 33.6 Å². The highest BCUT2D eigenvalue weighted by atomic mass is 31.2. The molecule has 2 aromatic heterocycles. The van der Waals surface area contributed by atoms with Gasteiger partial charge in [0.15, 0.2) is 5.65 Å². The summed E-state index contributed by atoms with van der Waals surface area (Å²) in [6.07, 6.45) is 0. The van der Waals surface area contributed by atoms with Gasteiger partial charge in [-0.3, -0.25) is 9.31 Å². The van der Waals surface area contributed by atoms with Crippen molar-refractivity contribution in [2.45, 2.75) is 6.92 Å². The van der Waals surface area contributed by atoms with Crippen LogP contribution in [0.4, 0.5) is 17.3 Å². The topological polar surface area (TPSA) is 59.5 Å². The molecule has 1 N–H and O–H groups in total. The van der Waals surface area contributed by atoms with Crippen molar-refractivity contribution in [3.05, 3.63) is 169 Å². The summed E-state index contributed by atoms with van der Waals surface area (Å²) in [5.74, 6) is 0.655. The maximum absolute atomic E-state index is 5.89. The summed E-state index contributed by atoms with van der Waals surface area (Å²) in [6.45, 7) is 2.09. The van der Waals surface area contributed by atoms with Crippen molar-refractivity contribution in [3.8, 4) is 5.69 Å². The smallest absolute Gasteiger partial charge is 0.234 e. The minimum absolute atomic E-state index is 0.655. The fourth-order valence-electron chi connectivity index (χ4n) is 6.05. The van der Waals surface area contributed by atoms with Gasteiger partial charge in [-0.05, 0) is 43.3 Å². The zero-order valence-corrected chi connectivity index (χ0v) is 26.2. The molecule has 2 heterocycles. The van der Waals surface area contributed by atoms with E-state index in [1.54, 1.807) is 4.63 Å². The van der Waals surface area contributed by atoms with E-state index in [1.165, 1.54) is 21.5 Å². The lowest BCUT2D eigenvalue weighted by Gasteiger charge is -2.27. The molecule has 0 saturated carbocycles. The molecule has 6 aromatic carbocycles. The molecule has 0 aliphatic heterocycles. The Morgan fingerprint density at radius 3 is 1.74 bits per heavy atom. The molecule has 0 aliphatic carbocycles. The number of hydrogen-bond donors (Lipinski definition) is 1. The molecule has 222 valence electrons. The Morgan fingerprint density at radius 1 is 0.565 bits per heavy atom. The van der Waals surface area contributed by atoms with Crippen LogP contribution in [0.5, 0.6) is 0 Å². The number of hydrogen-bond acceptors (Lipinski definition) is 4. The second kappa shape index (κ2) is 11.7. The lowest BCUT2D eigenvalue weighted by atomic mass is 10.2. The lowest BCUT2D eigenvalue weighted by Crippen LogP contribution is -2.25. The Hall–Kier alpha value is -5.71. The quantitative estimate of drug-likeness (QED) is 0.183. The van der Waals surface area contributed by atoms with Gasteiger partial charge >= 0.3 is 0 Å². The molecular weight excluding hydrogens is 583 g/mol. The van der Waals surface area contributed by atoms with Gasteiger partial charge in [0.1, 0.15) is 0 Å². The summed E-state index contributed by atoms with van der Waals surface area (Å²) < 4.78 is 9.78. The van der Waals surface area contributed by atoms with E-state index >= 15 is 0 Å². The highest BCUT2D eigenvalue weighted by Gasteiger charge is 2.29. The summed E-state index contributed by atoms with van der Waals surface area (Å²) in [6, 6.07) is 57.0. The van der Waals surface area contributed by atoms with Gasteiger partial charge in [-0.25, -0.2) is 0 Å². The first-order valence-corrected chi connectivity index (χ1v) is 17.0. The van der Waals surface area contributed by atoms with E-state index in [9.17, 15) is 0 Å². The number of benzene rings is 6. The van der Waals surface area contributed by atoms with Crippen molar-refractivity contribution in [2.24, 2.45) is 4.74 Å². The molecule has 0 atom stereocenters. The van der Waals surface area contributed by atoms with Crippen LogP contribution >= 0.6 is 7.05 Å². The van der Waals surface area contributed by atoms with Crippen LogP contribution in [0, 0.1) is 6.92 Å². The predicted molar refractivity (Wildman–Crippen MR) is 192 cm³/mol. The van der Waals surface area contributed by atoms with Gasteiger partial charge in [-0.2, -0.15) is 0 Å². The Bertz CT molecular complexity index is 2240. The standard InChI is InChI=1S/C39H31N6P/c1-29-25-27-30(28-26-29)40-39-42-45-38(34-21-11-12-22-35(34)41-45)44(39)37-24-14-13-23-36(37)43-46(31-15-5-2-6-16-31,32-17-7-3-8-18-32)33-19-9-4-10-20-33/h2-28H,1H3,(H,40,42). The van der Waals surface area contributed by atoms with Gasteiger partial charge in [-0.1, -0.05) is 133 Å². The number of rotatable bonds is 7. The first-order valence-electron chi connectivity index (χ1n) is 15.3. The van der Waals surface area contributed by atoms with Crippen LogP contribution < -0.4 is 21.2 Å². The number of aryl methyl sites for hydroxylation is 1. The maximum Gasteiger partial charge on any atom is 0.234 e. The fourth-order valence-corrected chi connectivity index (χ4v) is 9.59. The van der Waals surface area contributed by atoms with Gasteiger partial charge in [0.05, 0.1) is 23.9 Å². The van der Waals surface area contributed by atoms with Gasteiger partial charge in [0.25, 0.3) is 0 Å². The summed E-state index contributed by atoms with van der Waals surface area (Å²) in [5.41, 5.74) is 5.67. The number of anilines is 2. The zero-order chi connectivity index (χ0) is 30.9. The van der Waals surface area contributed by atoms with Crippen molar-refractivity contribution >= 4 is 56.8 Å². The molecule has 0 spiro atoms. The summed E-state index contributed by atoms with van der Waals surface area (Å²) >= 11 is 0. The summed E-state index contributed by atoms with van der Waals surface area (Å²) in [5, 5.41) is 18.0. The second-order valence-electron chi connectivity index (χ2n) is 11.2. The van der Waals surface area contributed by atoms with E-state index in [2.05, 4.69) is 162 Å². The first-order chi connectivity index (χ1) is 22.7. The molecule has 46 heavy (non-hydrogen) atoms. The normalized spacial score (nSPS) is 11.6. The summed E-state index contributed by atoms with van der Waals surface area (Å²) in [4.78, 5) is 0. The third kappa shape index (κ3) is 4.80. The maximum atomic E-state index is 5.89. The molecule has 0 amide bonds. The Labute approximate surface area is 267 Å². The average Bonchev–Trinajstić information content (AvgIpc) is 3.65. The monoisotopic (exact) mass is 614 g/mol. The van der Waals surface area contributed by atoms with Crippen LogP contribution in [0.1, 0.15) is 5.56 Å². The summed E-state index contributed by atoms with van der Waals surface area (Å²) in [7, 11) is -2.54. The highest BCUT2D eigenvalue weighted by Crippen LogP contribution is 2.50. The lowest BCUT2D eigenvalue weighted by molar-refractivity contribution is 0.838. The van der Waals surface area contributed by atoms with Crippen molar-refractivity contribution in [3.63, 3.8) is 0 Å². The van der Waals surface area contributed by atoms with Crippen molar-refractivity contribution in [1.29, 1.82) is 0 Å². The largest absolute Gasteiger partial charge is 0.324 e. The minimum Gasteiger partial charge on any atom is -0.324 e. The van der Waals surface area contributed by atoms with Crippen molar-refractivity contribution in [2.75, 3.05) is 5.32 Å². The van der Waals surface area contributed by atoms with Crippen molar-refractivity contribution in [1.82, 2.24) is 19.4 Å². The van der Waals surface area contributed by atoms with E-state index in [-0.39, 0.29) is 0 Å². The Kier molecular flexibility index (Phi) is 7.05. The zero-order valence-electron chi connectivity index (χ0n) is 25.3. The molecule has 0 unspecified atom stereocenters. The third-order valence-electron chi connectivity index (χ3n) is 8.23. The molecule has 0 radical (unpaired) electrons. The number of para-hydroxylation sites is 1. The van der Waals surface area contributed by atoms with Crippen LogP contribution in [0.25, 0.3) is 22.2 Å². The Morgan fingerprint density at radius 2 is 1.11 bits per heavy atom. The minimum atomic E-state index is -2.54. The number of aromatic nitrogens is 4.